The lowest BCUT2D eigenvalue weighted by atomic mass is 9.96. The van der Waals surface area contributed by atoms with E-state index in [1.54, 1.807) is 4.90 Å². The number of benzene rings is 2. The van der Waals surface area contributed by atoms with Gasteiger partial charge in [-0.05, 0) is 29.2 Å². The van der Waals surface area contributed by atoms with Gasteiger partial charge in [-0.25, -0.2) is 9.78 Å². The predicted octanol–water partition coefficient (Wildman–Crippen LogP) is 4.04. The van der Waals surface area contributed by atoms with Crippen molar-refractivity contribution in [3.63, 3.8) is 0 Å². The SMILES string of the molecule is Cc1sc(CNC(=O)OCC2c3ccccc3-c3ccccc32)nc1C(=O)N1CC(CC(=O)O)C1. The summed E-state index contributed by atoms with van der Waals surface area (Å²) in [7, 11) is 0. The zero-order valence-corrected chi connectivity index (χ0v) is 20.0. The first kappa shape index (κ1) is 23.0. The number of carbonyl (C=O) groups is 3. The van der Waals surface area contributed by atoms with Crippen LogP contribution in [0.25, 0.3) is 11.1 Å². The molecule has 0 radical (unpaired) electrons. The van der Waals surface area contributed by atoms with E-state index in [0.717, 1.165) is 16.0 Å². The second-order valence-electron chi connectivity index (χ2n) is 8.87. The number of hydrogen-bond donors (Lipinski definition) is 2. The minimum absolute atomic E-state index is 0.00917. The van der Waals surface area contributed by atoms with E-state index < -0.39 is 12.1 Å². The van der Waals surface area contributed by atoms with E-state index in [4.69, 9.17) is 9.84 Å². The number of aliphatic carboxylic acids is 1. The number of aromatic nitrogens is 1. The smallest absolute Gasteiger partial charge is 0.407 e. The molecule has 3 aromatic rings. The fourth-order valence-corrected chi connectivity index (χ4v) is 5.65. The summed E-state index contributed by atoms with van der Waals surface area (Å²) in [6, 6.07) is 16.3. The standard InChI is InChI=1S/C26H25N3O5S/c1-15-24(25(32)29-12-16(13-29)10-23(30)31)28-22(35-15)11-27-26(33)34-14-21-19-8-4-2-6-17(19)18-7-3-5-9-20(18)21/h2-9,16,21H,10-14H2,1H3,(H,27,33)(H,30,31). The number of likely N-dealkylation sites (tertiary alicyclic amines) is 1. The zero-order valence-electron chi connectivity index (χ0n) is 19.2. The van der Waals surface area contributed by atoms with Crippen molar-refractivity contribution in [3.8, 4) is 11.1 Å². The van der Waals surface area contributed by atoms with E-state index in [1.807, 2.05) is 31.2 Å². The second kappa shape index (κ2) is 9.50. The van der Waals surface area contributed by atoms with Gasteiger partial charge in [0.15, 0.2) is 0 Å². The second-order valence-corrected chi connectivity index (χ2v) is 10.2. The number of nitrogens with zero attached hydrogens (tertiary/aromatic N) is 2. The van der Waals surface area contributed by atoms with Crippen molar-refractivity contribution in [1.29, 1.82) is 0 Å². The molecular formula is C26H25N3O5S. The van der Waals surface area contributed by atoms with E-state index in [9.17, 15) is 14.4 Å². The number of fused-ring (bicyclic) bond motifs is 3. The summed E-state index contributed by atoms with van der Waals surface area (Å²) in [4.78, 5) is 42.7. The highest BCUT2D eigenvalue weighted by Crippen LogP contribution is 2.44. The van der Waals surface area contributed by atoms with Gasteiger partial charge in [-0.15, -0.1) is 11.3 Å². The van der Waals surface area contributed by atoms with Gasteiger partial charge in [0.1, 0.15) is 17.3 Å². The maximum Gasteiger partial charge on any atom is 0.407 e. The fraction of sp³-hybridized carbons (Fsp3) is 0.308. The number of hydrogen-bond acceptors (Lipinski definition) is 6. The summed E-state index contributed by atoms with van der Waals surface area (Å²) in [5.74, 6) is -1.08. The summed E-state index contributed by atoms with van der Waals surface area (Å²) < 4.78 is 5.56. The Balaban J connectivity index is 1.15. The first-order valence-electron chi connectivity index (χ1n) is 11.5. The van der Waals surface area contributed by atoms with E-state index in [0.29, 0.717) is 23.8 Å². The summed E-state index contributed by atoms with van der Waals surface area (Å²) >= 11 is 1.35. The molecule has 0 atom stereocenters. The largest absolute Gasteiger partial charge is 0.481 e. The highest BCUT2D eigenvalue weighted by molar-refractivity contribution is 7.11. The van der Waals surface area contributed by atoms with Gasteiger partial charge in [-0.1, -0.05) is 48.5 Å². The molecule has 9 heteroatoms. The molecule has 0 spiro atoms. The van der Waals surface area contributed by atoms with Crippen molar-refractivity contribution >= 4 is 29.3 Å². The number of amides is 2. The minimum Gasteiger partial charge on any atom is -0.481 e. The topological polar surface area (TPSA) is 109 Å². The zero-order chi connectivity index (χ0) is 24.5. The number of carboxylic acid groups (broad SMARTS) is 1. The van der Waals surface area contributed by atoms with Crippen molar-refractivity contribution in [3.05, 3.63) is 75.2 Å². The molecule has 2 amide bonds. The molecule has 5 rings (SSSR count). The Morgan fingerprint density at radius 2 is 1.71 bits per heavy atom. The number of rotatable bonds is 7. The first-order chi connectivity index (χ1) is 16.9. The van der Waals surface area contributed by atoms with Gasteiger partial charge in [-0.3, -0.25) is 9.59 Å². The molecule has 1 aliphatic heterocycles. The lowest BCUT2D eigenvalue weighted by molar-refractivity contribution is -0.139. The number of aryl methyl sites for hydroxylation is 1. The van der Waals surface area contributed by atoms with Gasteiger partial charge in [0.25, 0.3) is 5.91 Å². The van der Waals surface area contributed by atoms with Gasteiger partial charge in [-0.2, -0.15) is 0 Å². The Morgan fingerprint density at radius 1 is 1.09 bits per heavy atom. The Kier molecular flexibility index (Phi) is 6.25. The normalized spacial score (nSPS) is 14.7. The van der Waals surface area contributed by atoms with Gasteiger partial charge in [0, 0.05) is 29.8 Å². The van der Waals surface area contributed by atoms with E-state index in [1.165, 1.54) is 22.5 Å². The van der Waals surface area contributed by atoms with Crippen molar-refractivity contribution in [1.82, 2.24) is 15.2 Å². The lowest BCUT2D eigenvalue weighted by Gasteiger charge is -2.38. The van der Waals surface area contributed by atoms with E-state index in [-0.39, 0.29) is 37.3 Å². The number of carbonyl (C=O) groups excluding carboxylic acids is 2. The van der Waals surface area contributed by atoms with Crippen molar-refractivity contribution in [2.45, 2.75) is 25.8 Å². The van der Waals surface area contributed by atoms with Crippen LogP contribution in [-0.4, -0.2) is 52.7 Å². The number of nitrogens with one attached hydrogen (secondary N) is 1. The van der Waals surface area contributed by atoms with E-state index >= 15 is 0 Å². The van der Waals surface area contributed by atoms with Crippen LogP contribution in [0.15, 0.2) is 48.5 Å². The van der Waals surface area contributed by atoms with Crippen molar-refractivity contribution < 1.29 is 24.2 Å². The van der Waals surface area contributed by atoms with Crippen LogP contribution in [0.4, 0.5) is 4.79 Å². The lowest BCUT2D eigenvalue weighted by Crippen LogP contribution is -2.50. The van der Waals surface area contributed by atoms with Crippen LogP contribution in [0.3, 0.4) is 0 Å². The molecule has 35 heavy (non-hydrogen) atoms. The third-order valence-electron chi connectivity index (χ3n) is 6.48. The van der Waals surface area contributed by atoms with Crippen LogP contribution in [0.5, 0.6) is 0 Å². The molecule has 2 aromatic carbocycles. The van der Waals surface area contributed by atoms with Gasteiger partial charge in [0.05, 0.1) is 13.0 Å². The maximum absolute atomic E-state index is 12.7. The average Bonchev–Trinajstić information content (AvgIpc) is 3.35. The molecule has 0 unspecified atom stereocenters. The highest BCUT2D eigenvalue weighted by Gasteiger charge is 2.34. The molecular weight excluding hydrogens is 466 g/mol. The molecule has 8 nitrogen and oxygen atoms in total. The van der Waals surface area contributed by atoms with E-state index in [2.05, 4.69) is 34.6 Å². The Hall–Kier alpha value is -3.72. The summed E-state index contributed by atoms with van der Waals surface area (Å²) in [5.41, 5.74) is 5.00. The van der Waals surface area contributed by atoms with Crippen molar-refractivity contribution in [2.24, 2.45) is 5.92 Å². The van der Waals surface area contributed by atoms with Crippen LogP contribution in [0.2, 0.25) is 0 Å². The Bertz CT molecular complexity index is 1250. The molecule has 1 aliphatic carbocycles. The summed E-state index contributed by atoms with van der Waals surface area (Å²) in [5, 5.41) is 12.2. The molecule has 2 aliphatic rings. The third-order valence-corrected chi connectivity index (χ3v) is 7.45. The fourth-order valence-electron chi connectivity index (χ4n) is 4.78. The van der Waals surface area contributed by atoms with Crippen LogP contribution in [0.1, 0.15) is 43.8 Å². The summed E-state index contributed by atoms with van der Waals surface area (Å²) in [6.07, 6.45) is -0.471. The molecule has 0 bridgehead atoms. The summed E-state index contributed by atoms with van der Waals surface area (Å²) in [6.45, 7) is 3.06. The molecule has 1 aromatic heterocycles. The Morgan fingerprint density at radius 3 is 2.34 bits per heavy atom. The molecule has 180 valence electrons. The van der Waals surface area contributed by atoms with Gasteiger partial charge < -0.3 is 20.1 Å². The predicted molar refractivity (Wildman–Crippen MR) is 130 cm³/mol. The van der Waals surface area contributed by atoms with Crippen LogP contribution >= 0.6 is 11.3 Å². The molecule has 0 saturated carbocycles. The van der Waals surface area contributed by atoms with Crippen LogP contribution in [0, 0.1) is 12.8 Å². The monoisotopic (exact) mass is 491 g/mol. The first-order valence-corrected chi connectivity index (χ1v) is 12.3. The van der Waals surface area contributed by atoms with Crippen molar-refractivity contribution in [2.75, 3.05) is 19.7 Å². The third kappa shape index (κ3) is 4.64. The average molecular weight is 492 g/mol. The van der Waals surface area contributed by atoms with Gasteiger partial charge in [0.2, 0.25) is 0 Å². The number of alkyl carbamates (subject to hydrolysis) is 1. The minimum atomic E-state index is -0.853. The van der Waals surface area contributed by atoms with Crippen LogP contribution < -0.4 is 5.32 Å². The highest BCUT2D eigenvalue weighted by atomic mass is 32.1. The molecule has 1 fully saturated rings. The maximum atomic E-state index is 12.7. The van der Waals surface area contributed by atoms with Gasteiger partial charge >= 0.3 is 12.1 Å². The number of ether oxygens (including phenoxy) is 1. The Labute approximate surface area is 206 Å². The number of thiazole rings is 1. The molecule has 2 N–H and O–H groups in total. The number of carboxylic acids is 1. The quantitative estimate of drug-likeness (QED) is 0.516. The molecule has 1 saturated heterocycles. The molecule has 2 heterocycles. The van der Waals surface area contributed by atoms with Crippen LogP contribution in [-0.2, 0) is 16.1 Å².